The van der Waals surface area contributed by atoms with Gasteiger partial charge in [0.05, 0.1) is 20.3 Å². The van der Waals surface area contributed by atoms with E-state index in [-0.39, 0.29) is 6.04 Å². The Hall–Kier alpha value is -2.94. The van der Waals surface area contributed by atoms with E-state index in [1.807, 2.05) is 32.0 Å². The van der Waals surface area contributed by atoms with Crippen LogP contribution >= 0.6 is 12.2 Å². The number of guanidine groups is 1. The van der Waals surface area contributed by atoms with E-state index in [9.17, 15) is 0 Å². The Balaban J connectivity index is 1.76. The highest BCUT2D eigenvalue weighted by molar-refractivity contribution is 7.80. The summed E-state index contributed by atoms with van der Waals surface area (Å²) in [5.41, 5.74) is 2.51. The molecule has 0 atom stereocenters. The average Bonchev–Trinajstić information content (AvgIpc) is 3.19. The predicted molar refractivity (Wildman–Crippen MR) is 124 cm³/mol. The van der Waals surface area contributed by atoms with Crippen LogP contribution in [0.1, 0.15) is 37.1 Å². The first-order chi connectivity index (χ1) is 14.4. The first-order valence-electron chi connectivity index (χ1n) is 9.93. The Bertz CT molecular complexity index is 885. The van der Waals surface area contributed by atoms with Gasteiger partial charge in [-0.05, 0) is 45.0 Å². The summed E-state index contributed by atoms with van der Waals surface area (Å²) >= 11 is 5.51. The predicted octanol–water partition coefficient (Wildman–Crippen LogP) is 3.81. The Morgan fingerprint density at radius 1 is 0.967 bits per heavy atom. The van der Waals surface area contributed by atoms with E-state index in [0.29, 0.717) is 28.5 Å². The number of aromatic nitrogens is 2. The summed E-state index contributed by atoms with van der Waals surface area (Å²) in [6.07, 6.45) is 4.50. The van der Waals surface area contributed by atoms with Gasteiger partial charge in [0.25, 0.3) is 0 Å². The van der Waals surface area contributed by atoms with Crippen molar-refractivity contribution >= 4 is 34.9 Å². The van der Waals surface area contributed by atoms with Gasteiger partial charge in [-0.2, -0.15) is 0 Å². The summed E-state index contributed by atoms with van der Waals surface area (Å²) in [4.78, 5) is 13.7. The summed E-state index contributed by atoms with van der Waals surface area (Å²) < 4.78 is 10.6. The number of hydrogen-bond donors (Lipinski definition) is 3. The number of ether oxygens (including phenoxy) is 2. The lowest BCUT2D eigenvalue weighted by Gasteiger charge is -2.16. The molecule has 160 valence electrons. The minimum atomic E-state index is 0.255. The van der Waals surface area contributed by atoms with Crippen molar-refractivity contribution in [3.63, 3.8) is 0 Å². The van der Waals surface area contributed by atoms with Gasteiger partial charge < -0.3 is 20.1 Å². The summed E-state index contributed by atoms with van der Waals surface area (Å²) in [6.45, 7) is 3.87. The Morgan fingerprint density at radius 3 is 2.13 bits per heavy atom. The molecule has 1 fully saturated rings. The first-order valence-corrected chi connectivity index (χ1v) is 10.3. The van der Waals surface area contributed by atoms with Crippen LogP contribution < -0.4 is 25.4 Å². The topological polar surface area (TPSA) is 92.7 Å². The van der Waals surface area contributed by atoms with Crippen molar-refractivity contribution < 1.29 is 9.47 Å². The minimum Gasteiger partial charge on any atom is -0.497 e. The van der Waals surface area contributed by atoms with Gasteiger partial charge in [0.1, 0.15) is 11.5 Å². The zero-order valence-electron chi connectivity index (χ0n) is 17.8. The fourth-order valence-corrected chi connectivity index (χ4v) is 3.56. The molecule has 2 aromatic rings. The molecule has 30 heavy (non-hydrogen) atoms. The van der Waals surface area contributed by atoms with E-state index in [4.69, 9.17) is 26.7 Å². The monoisotopic (exact) mass is 428 g/mol. The zero-order chi connectivity index (χ0) is 21.5. The van der Waals surface area contributed by atoms with Crippen LogP contribution in [0, 0.1) is 13.8 Å². The number of aliphatic imine (C=N–C) groups is 1. The van der Waals surface area contributed by atoms with Crippen molar-refractivity contribution in [1.82, 2.24) is 15.3 Å². The van der Waals surface area contributed by atoms with E-state index >= 15 is 0 Å². The molecule has 0 amide bonds. The molecule has 1 aromatic carbocycles. The molecule has 0 spiro atoms. The first kappa shape index (κ1) is 21.8. The summed E-state index contributed by atoms with van der Waals surface area (Å²) in [5.74, 6) is 2.35. The molecule has 0 radical (unpaired) electrons. The van der Waals surface area contributed by atoms with Crippen LogP contribution in [-0.4, -0.2) is 41.3 Å². The Labute approximate surface area is 182 Å². The highest BCUT2D eigenvalue weighted by Crippen LogP contribution is 2.25. The Kier molecular flexibility index (Phi) is 7.40. The molecular formula is C21H28N6O2S. The van der Waals surface area contributed by atoms with Gasteiger partial charge in [0, 0.05) is 35.3 Å². The highest BCUT2D eigenvalue weighted by atomic mass is 32.1. The maximum absolute atomic E-state index is 5.51. The number of nitrogens with zero attached hydrogens (tertiary/aromatic N) is 3. The van der Waals surface area contributed by atoms with Gasteiger partial charge in [-0.25, -0.2) is 15.0 Å². The molecule has 0 bridgehead atoms. The van der Waals surface area contributed by atoms with Crippen molar-refractivity contribution in [3.05, 3.63) is 35.7 Å². The molecule has 0 aliphatic heterocycles. The normalized spacial score (nSPS) is 14.3. The van der Waals surface area contributed by atoms with Crippen LogP contribution in [0.2, 0.25) is 0 Å². The summed E-state index contributed by atoms with van der Waals surface area (Å²) in [6, 6.07) is 7.66. The van der Waals surface area contributed by atoms with Crippen LogP contribution in [0.3, 0.4) is 0 Å². The van der Waals surface area contributed by atoms with Gasteiger partial charge in [0.2, 0.25) is 11.9 Å². The molecule has 0 saturated heterocycles. The second kappa shape index (κ2) is 10.2. The number of nitrogens with one attached hydrogen (secondary N) is 3. The molecule has 9 heteroatoms. The standard InChI is InChI=1S/C21H28N6O2S/c1-13-9-14(2)23-19(22-13)26-20(24-15-7-5-6-8-15)27-21(30)25-16-10-17(28-3)12-18(11-16)29-4/h9-12,15H,5-8H2,1-4H3,(H3,22,23,24,25,26,27,30). The maximum Gasteiger partial charge on any atom is 0.229 e. The fraction of sp³-hybridized carbons (Fsp3) is 0.429. The number of rotatable bonds is 5. The molecule has 8 nitrogen and oxygen atoms in total. The van der Waals surface area contributed by atoms with Crippen molar-refractivity contribution in [2.45, 2.75) is 45.6 Å². The van der Waals surface area contributed by atoms with E-state index in [0.717, 1.165) is 29.9 Å². The maximum atomic E-state index is 5.51. The van der Waals surface area contributed by atoms with Gasteiger partial charge in [-0.1, -0.05) is 12.8 Å². The second-order valence-electron chi connectivity index (χ2n) is 7.20. The van der Waals surface area contributed by atoms with Crippen molar-refractivity contribution in [1.29, 1.82) is 0 Å². The minimum absolute atomic E-state index is 0.255. The lowest BCUT2D eigenvalue weighted by atomic mass is 10.3. The molecular weight excluding hydrogens is 400 g/mol. The Morgan fingerprint density at radius 2 is 1.57 bits per heavy atom. The second-order valence-corrected chi connectivity index (χ2v) is 7.60. The third-order valence-corrected chi connectivity index (χ3v) is 4.89. The largest absolute Gasteiger partial charge is 0.497 e. The van der Waals surface area contributed by atoms with Crippen LogP contribution in [0.25, 0.3) is 0 Å². The van der Waals surface area contributed by atoms with Crippen LogP contribution in [0.4, 0.5) is 11.6 Å². The van der Waals surface area contributed by atoms with Crippen LogP contribution in [0.5, 0.6) is 11.5 Å². The van der Waals surface area contributed by atoms with Crippen LogP contribution in [-0.2, 0) is 0 Å². The quantitative estimate of drug-likeness (QED) is 0.376. The smallest absolute Gasteiger partial charge is 0.229 e. The third-order valence-electron chi connectivity index (χ3n) is 4.69. The molecule has 1 saturated carbocycles. The number of hydrogen-bond acceptors (Lipinski definition) is 6. The highest BCUT2D eigenvalue weighted by Gasteiger charge is 2.16. The van der Waals surface area contributed by atoms with E-state index in [1.54, 1.807) is 20.3 Å². The number of benzene rings is 1. The van der Waals surface area contributed by atoms with E-state index in [1.165, 1.54) is 12.8 Å². The molecule has 1 aliphatic carbocycles. The van der Waals surface area contributed by atoms with Gasteiger partial charge in [-0.3, -0.25) is 5.32 Å². The average molecular weight is 429 g/mol. The van der Waals surface area contributed by atoms with E-state index in [2.05, 4.69) is 25.9 Å². The lowest BCUT2D eigenvalue weighted by molar-refractivity contribution is 0.395. The molecule has 3 N–H and O–H groups in total. The number of thiocarbonyl (C=S) groups is 1. The van der Waals surface area contributed by atoms with Gasteiger partial charge >= 0.3 is 0 Å². The number of aryl methyl sites for hydroxylation is 2. The number of anilines is 2. The molecule has 0 unspecified atom stereocenters. The zero-order valence-corrected chi connectivity index (χ0v) is 18.6. The van der Waals surface area contributed by atoms with E-state index < -0.39 is 0 Å². The SMILES string of the molecule is COc1cc(NC(=S)NC(=NC2CCCC2)Nc2nc(C)cc(C)n2)cc(OC)c1. The summed E-state index contributed by atoms with van der Waals surface area (Å²) in [5, 5.41) is 9.88. The van der Waals surface area contributed by atoms with Crippen molar-refractivity contribution in [3.8, 4) is 11.5 Å². The lowest BCUT2D eigenvalue weighted by Crippen LogP contribution is -2.40. The van der Waals surface area contributed by atoms with Gasteiger partial charge in [-0.15, -0.1) is 0 Å². The third kappa shape index (κ3) is 6.28. The van der Waals surface area contributed by atoms with Gasteiger partial charge in [0.15, 0.2) is 5.11 Å². The molecule has 1 aliphatic rings. The van der Waals surface area contributed by atoms with Crippen molar-refractivity contribution in [2.24, 2.45) is 4.99 Å². The number of methoxy groups -OCH3 is 2. The molecule has 1 aromatic heterocycles. The fourth-order valence-electron chi connectivity index (χ4n) is 3.35. The molecule has 3 rings (SSSR count). The van der Waals surface area contributed by atoms with Crippen LogP contribution in [0.15, 0.2) is 29.3 Å². The summed E-state index contributed by atoms with van der Waals surface area (Å²) in [7, 11) is 3.21. The van der Waals surface area contributed by atoms with Crippen molar-refractivity contribution in [2.75, 3.05) is 24.9 Å². The molecule has 1 heterocycles.